The topological polar surface area (TPSA) is 26.0 Å². The van der Waals surface area contributed by atoms with Crippen molar-refractivity contribution < 1.29 is 8.78 Å². The first-order chi connectivity index (χ1) is 8.15. The minimum Gasteiger partial charge on any atom is -0.399 e. The molecule has 0 heterocycles. The second-order valence-corrected chi connectivity index (χ2v) is 4.64. The van der Waals surface area contributed by atoms with Crippen LogP contribution in [0.2, 0.25) is 0 Å². The first kappa shape index (κ1) is 11.9. The fourth-order valence-electron chi connectivity index (χ4n) is 1.37. The molecule has 0 aromatic heterocycles. The van der Waals surface area contributed by atoms with Crippen LogP contribution in [0.25, 0.3) is 0 Å². The average Bonchev–Trinajstić information content (AvgIpc) is 2.30. The second-order valence-electron chi connectivity index (χ2n) is 3.59. The summed E-state index contributed by atoms with van der Waals surface area (Å²) in [5, 5.41) is 0. The molecule has 0 amide bonds. The van der Waals surface area contributed by atoms with Gasteiger partial charge in [-0.25, -0.2) is 8.78 Å². The molecule has 2 aromatic carbocycles. The smallest absolute Gasteiger partial charge is 0.129 e. The first-order valence-corrected chi connectivity index (χ1v) is 6.06. The molecule has 0 bridgehead atoms. The highest BCUT2D eigenvalue weighted by Crippen LogP contribution is 2.24. The number of hydrogen-bond acceptors (Lipinski definition) is 2. The maximum absolute atomic E-state index is 13.5. The third kappa shape index (κ3) is 3.20. The molecule has 0 aliphatic carbocycles. The van der Waals surface area contributed by atoms with Crippen LogP contribution >= 0.6 is 11.8 Å². The summed E-state index contributed by atoms with van der Waals surface area (Å²) in [5.41, 5.74) is 6.47. The lowest BCUT2D eigenvalue weighted by molar-refractivity contribution is 0.618. The molecule has 2 aromatic rings. The number of nitrogens with two attached hydrogens (primary N) is 1. The van der Waals surface area contributed by atoms with Crippen LogP contribution in [-0.2, 0) is 5.75 Å². The molecule has 0 spiro atoms. The molecule has 17 heavy (non-hydrogen) atoms. The maximum atomic E-state index is 13.5. The van der Waals surface area contributed by atoms with Crippen molar-refractivity contribution in [2.45, 2.75) is 10.6 Å². The van der Waals surface area contributed by atoms with E-state index in [9.17, 15) is 8.78 Å². The highest BCUT2D eigenvalue weighted by atomic mass is 32.2. The van der Waals surface area contributed by atoms with Gasteiger partial charge in [0.25, 0.3) is 0 Å². The lowest BCUT2D eigenvalue weighted by atomic mass is 10.2. The van der Waals surface area contributed by atoms with Crippen molar-refractivity contribution in [1.29, 1.82) is 0 Å². The molecule has 0 aliphatic heterocycles. The maximum Gasteiger partial charge on any atom is 0.129 e. The summed E-state index contributed by atoms with van der Waals surface area (Å²) in [5.74, 6) is -0.0785. The van der Waals surface area contributed by atoms with E-state index in [1.165, 1.54) is 30.0 Å². The van der Waals surface area contributed by atoms with E-state index in [0.29, 0.717) is 17.0 Å². The number of nitrogen functional groups attached to an aromatic ring is 1. The first-order valence-electron chi connectivity index (χ1n) is 5.07. The van der Waals surface area contributed by atoms with Crippen molar-refractivity contribution in [3.05, 3.63) is 59.7 Å². The molecule has 2 rings (SSSR count). The molecule has 2 N–H and O–H groups in total. The third-order valence-corrected chi connectivity index (χ3v) is 3.35. The Bertz CT molecular complexity index is 511. The van der Waals surface area contributed by atoms with Crippen molar-refractivity contribution in [3.63, 3.8) is 0 Å². The normalized spacial score (nSPS) is 10.5. The Balaban J connectivity index is 2.04. The number of hydrogen-bond donors (Lipinski definition) is 1. The number of halogens is 2. The van der Waals surface area contributed by atoms with Crippen molar-refractivity contribution in [3.8, 4) is 0 Å². The molecule has 0 radical (unpaired) electrons. The van der Waals surface area contributed by atoms with E-state index in [1.807, 2.05) is 0 Å². The van der Waals surface area contributed by atoms with Crippen LogP contribution in [0.15, 0.2) is 47.4 Å². The van der Waals surface area contributed by atoms with Gasteiger partial charge in [-0.1, -0.05) is 6.07 Å². The predicted molar refractivity (Wildman–Crippen MR) is 66.8 cm³/mol. The number of benzene rings is 2. The summed E-state index contributed by atoms with van der Waals surface area (Å²) >= 11 is 1.45. The summed E-state index contributed by atoms with van der Waals surface area (Å²) in [6, 6.07) is 10.8. The Morgan fingerprint density at radius 3 is 2.35 bits per heavy atom. The van der Waals surface area contributed by atoms with E-state index in [0.717, 1.165) is 4.90 Å². The van der Waals surface area contributed by atoms with Gasteiger partial charge in [0.15, 0.2) is 0 Å². The lowest BCUT2D eigenvalue weighted by Gasteiger charge is -2.04. The Morgan fingerprint density at radius 2 is 1.71 bits per heavy atom. The fraction of sp³-hybridized carbons (Fsp3) is 0.0769. The lowest BCUT2D eigenvalue weighted by Crippen LogP contribution is -1.91. The van der Waals surface area contributed by atoms with Crippen LogP contribution in [0.1, 0.15) is 5.56 Å². The largest absolute Gasteiger partial charge is 0.399 e. The van der Waals surface area contributed by atoms with Crippen LogP contribution in [0.4, 0.5) is 14.5 Å². The van der Waals surface area contributed by atoms with Crippen molar-refractivity contribution in [1.82, 2.24) is 0 Å². The third-order valence-electron chi connectivity index (χ3n) is 2.29. The number of rotatable bonds is 3. The molecular formula is C13H11F2NS. The standard InChI is InChI=1S/C13H11F2NS/c14-10-2-5-12(6-3-10)17-8-9-1-4-11(16)7-13(9)15/h1-7H,8,16H2. The molecule has 0 saturated carbocycles. The van der Waals surface area contributed by atoms with Gasteiger partial charge in [-0.15, -0.1) is 11.8 Å². The van der Waals surface area contributed by atoms with Crippen molar-refractivity contribution >= 4 is 17.4 Å². The number of anilines is 1. The van der Waals surface area contributed by atoms with E-state index < -0.39 is 0 Å². The summed E-state index contributed by atoms with van der Waals surface area (Å²) in [6.45, 7) is 0. The van der Waals surface area contributed by atoms with Crippen LogP contribution in [0.3, 0.4) is 0 Å². The van der Waals surface area contributed by atoms with Crippen LogP contribution in [-0.4, -0.2) is 0 Å². The Hall–Kier alpha value is -1.55. The van der Waals surface area contributed by atoms with E-state index in [-0.39, 0.29) is 11.6 Å². The molecule has 0 atom stereocenters. The van der Waals surface area contributed by atoms with E-state index >= 15 is 0 Å². The second kappa shape index (κ2) is 5.19. The minimum absolute atomic E-state index is 0.270. The van der Waals surface area contributed by atoms with Gasteiger partial charge in [-0.2, -0.15) is 0 Å². The molecule has 0 aliphatic rings. The molecule has 0 fully saturated rings. The van der Waals surface area contributed by atoms with Gasteiger partial charge in [-0.3, -0.25) is 0 Å². The molecule has 0 saturated heterocycles. The zero-order valence-electron chi connectivity index (χ0n) is 8.99. The monoisotopic (exact) mass is 251 g/mol. The quantitative estimate of drug-likeness (QED) is 0.662. The molecule has 4 heteroatoms. The molecular weight excluding hydrogens is 240 g/mol. The summed E-state index contributed by atoms with van der Waals surface area (Å²) < 4.78 is 26.1. The molecule has 88 valence electrons. The fourth-order valence-corrected chi connectivity index (χ4v) is 2.26. The van der Waals surface area contributed by atoms with Gasteiger partial charge in [-0.05, 0) is 42.0 Å². The Morgan fingerprint density at radius 1 is 1.00 bits per heavy atom. The average molecular weight is 251 g/mol. The predicted octanol–water partition coefficient (Wildman–Crippen LogP) is 3.84. The highest BCUT2D eigenvalue weighted by molar-refractivity contribution is 7.98. The van der Waals surface area contributed by atoms with E-state index in [4.69, 9.17) is 5.73 Å². The zero-order chi connectivity index (χ0) is 12.3. The SMILES string of the molecule is Nc1ccc(CSc2ccc(F)cc2)c(F)c1. The van der Waals surface area contributed by atoms with Gasteiger partial charge >= 0.3 is 0 Å². The Kier molecular flexibility index (Phi) is 3.64. The summed E-state index contributed by atoms with van der Waals surface area (Å²) in [6.07, 6.45) is 0. The van der Waals surface area contributed by atoms with Crippen LogP contribution in [0.5, 0.6) is 0 Å². The van der Waals surface area contributed by atoms with Crippen LogP contribution in [0, 0.1) is 11.6 Å². The van der Waals surface area contributed by atoms with Crippen molar-refractivity contribution in [2.75, 3.05) is 5.73 Å². The number of thioether (sulfide) groups is 1. The van der Waals surface area contributed by atoms with Crippen LogP contribution < -0.4 is 5.73 Å². The van der Waals surface area contributed by atoms with Gasteiger partial charge < -0.3 is 5.73 Å². The zero-order valence-corrected chi connectivity index (χ0v) is 9.81. The Labute approximate surface area is 103 Å². The molecule has 1 nitrogen and oxygen atoms in total. The van der Waals surface area contributed by atoms with E-state index in [1.54, 1.807) is 24.3 Å². The molecule has 0 unspecified atom stereocenters. The van der Waals surface area contributed by atoms with Gasteiger partial charge in [0.05, 0.1) is 0 Å². The van der Waals surface area contributed by atoms with E-state index in [2.05, 4.69) is 0 Å². The van der Waals surface area contributed by atoms with Gasteiger partial charge in [0.1, 0.15) is 11.6 Å². The minimum atomic E-state index is -0.306. The highest BCUT2D eigenvalue weighted by Gasteiger charge is 2.03. The van der Waals surface area contributed by atoms with Gasteiger partial charge in [0, 0.05) is 16.3 Å². The van der Waals surface area contributed by atoms with Gasteiger partial charge in [0.2, 0.25) is 0 Å². The van der Waals surface area contributed by atoms with Crippen molar-refractivity contribution in [2.24, 2.45) is 0 Å². The summed E-state index contributed by atoms with van der Waals surface area (Å²) in [7, 11) is 0. The summed E-state index contributed by atoms with van der Waals surface area (Å²) in [4.78, 5) is 0.905.